The lowest BCUT2D eigenvalue weighted by atomic mass is 9.79. The summed E-state index contributed by atoms with van der Waals surface area (Å²) in [7, 11) is 0. The number of amides is 1. The molecule has 1 saturated carbocycles. The van der Waals surface area contributed by atoms with Crippen LogP contribution in [0.25, 0.3) is 27.6 Å². The van der Waals surface area contributed by atoms with Crippen LogP contribution in [0.3, 0.4) is 0 Å². The van der Waals surface area contributed by atoms with Gasteiger partial charge in [0.1, 0.15) is 0 Å². The molecule has 3 aromatic heterocycles. The smallest absolute Gasteiger partial charge is 0.227 e. The maximum Gasteiger partial charge on any atom is 0.227 e. The van der Waals surface area contributed by atoms with E-state index in [1.807, 2.05) is 53.9 Å². The Morgan fingerprint density at radius 3 is 2.76 bits per heavy atom. The van der Waals surface area contributed by atoms with Gasteiger partial charge in [-0.25, -0.2) is 0 Å². The van der Waals surface area contributed by atoms with Crippen LogP contribution in [0.1, 0.15) is 51.9 Å². The molecule has 1 fully saturated rings. The number of fused-ring (bicyclic) bond motifs is 1. The molecule has 0 aliphatic heterocycles. The maximum atomic E-state index is 12.9. The number of nitrogens with one attached hydrogen (secondary N) is 1. The fraction of sp³-hybridized carbons (Fsp3) is 0.385. The van der Waals surface area contributed by atoms with Crippen molar-refractivity contribution in [3.63, 3.8) is 0 Å². The first-order valence-corrected chi connectivity index (χ1v) is 12.8. The fourth-order valence-electron chi connectivity index (χ4n) is 4.71. The molecular formula is C26H29N5OS. The molecule has 1 aliphatic carbocycles. The van der Waals surface area contributed by atoms with Crippen molar-refractivity contribution in [3.8, 4) is 22.0 Å². The second kappa shape index (κ2) is 9.83. The average molecular weight is 460 g/mol. The van der Waals surface area contributed by atoms with Gasteiger partial charge in [-0.2, -0.15) is 9.61 Å². The molecule has 3 heterocycles. The van der Waals surface area contributed by atoms with Gasteiger partial charge in [-0.15, -0.1) is 21.5 Å². The summed E-state index contributed by atoms with van der Waals surface area (Å²) >= 11 is 1.61. The molecule has 1 aromatic carbocycles. The number of nitrogens with zero attached hydrogens (tertiary/aromatic N) is 4. The molecule has 1 amide bonds. The first-order valence-electron chi connectivity index (χ1n) is 11.9. The Hall–Kier alpha value is -3.06. The van der Waals surface area contributed by atoms with Gasteiger partial charge in [0.05, 0.1) is 10.6 Å². The number of benzene rings is 1. The highest BCUT2D eigenvalue weighted by Gasteiger charge is 2.26. The summed E-state index contributed by atoms with van der Waals surface area (Å²) in [5, 5.41) is 18.5. The number of aromatic nitrogens is 4. The summed E-state index contributed by atoms with van der Waals surface area (Å²) < 4.78 is 1.78. The minimum Gasteiger partial charge on any atom is -0.326 e. The fourth-order valence-corrected chi connectivity index (χ4v) is 5.40. The lowest BCUT2D eigenvalue weighted by Gasteiger charge is -2.27. The zero-order chi connectivity index (χ0) is 22.6. The Kier molecular flexibility index (Phi) is 6.48. The minimum absolute atomic E-state index is 0.117. The van der Waals surface area contributed by atoms with E-state index in [0.29, 0.717) is 5.65 Å². The van der Waals surface area contributed by atoms with Gasteiger partial charge >= 0.3 is 0 Å². The Balaban J connectivity index is 1.30. The normalized spacial score (nSPS) is 18.5. The third-order valence-electron chi connectivity index (χ3n) is 6.61. The number of hydrogen-bond donors (Lipinski definition) is 1. The third kappa shape index (κ3) is 4.83. The van der Waals surface area contributed by atoms with Crippen molar-refractivity contribution in [2.75, 3.05) is 5.32 Å². The molecule has 0 radical (unpaired) electrons. The number of carbonyl (C=O) groups is 1. The van der Waals surface area contributed by atoms with Gasteiger partial charge in [-0.05, 0) is 67.3 Å². The lowest BCUT2D eigenvalue weighted by molar-refractivity contribution is -0.121. The molecule has 7 heteroatoms. The van der Waals surface area contributed by atoms with Gasteiger partial charge in [-0.1, -0.05) is 44.4 Å². The van der Waals surface area contributed by atoms with Gasteiger partial charge in [-0.3, -0.25) is 4.79 Å². The molecule has 4 aromatic rings. The number of carbonyl (C=O) groups excluding carboxylic acids is 1. The number of unbranched alkanes of at least 4 members (excludes halogenated alkanes) is 1. The molecule has 33 heavy (non-hydrogen) atoms. The second-order valence-corrected chi connectivity index (χ2v) is 9.87. The van der Waals surface area contributed by atoms with Crippen molar-refractivity contribution in [1.29, 1.82) is 0 Å². The number of thiophene rings is 1. The Morgan fingerprint density at radius 2 is 1.97 bits per heavy atom. The molecule has 5 rings (SSSR count). The highest BCUT2D eigenvalue weighted by atomic mass is 32.1. The molecule has 0 spiro atoms. The highest BCUT2D eigenvalue weighted by molar-refractivity contribution is 7.13. The SMILES string of the molecule is CCCCC1CCC(C(=O)Nc2cccc(-c3ccc4nnc(-c5cccs5)n4n3)c2)CC1. The second-order valence-electron chi connectivity index (χ2n) is 8.92. The monoisotopic (exact) mass is 459 g/mol. The summed E-state index contributed by atoms with van der Waals surface area (Å²) in [6, 6.07) is 15.8. The number of anilines is 1. The molecule has 1 aliphatic rings. The van der Waals surface area contributed by atoms with Crippen LogP contribution in [-0.2, 0) is 4.79 Å². The number of rotatable bonds is 7. The molecule has 0 saturated heterocycles. The van der Waals surface area contributed by atoms with Crippen molar-refractivity contribution in [1.82, 2.24) is 19.8 Å². The molecule has 170 valence electrons. The van der Waals surface area contributed by atoms with Crippen LogP contribution in [0.4, 0.5) is 5.69 Å². The molecular weight excluding hydrogens is 430 g/mol. The largest absolute Gasteiger partial charge is 0.326 e. The van der Waals surface area contributed by atoms with E-state index < -0.39 is 0 Å². The van der Waals surface area contributed by atoms with E-state index in [0.717, 1.165) is 46.4 Å². The van der Waals surface area contributed by atoms with E-state index in [4.69, 9.17) is 5.10 Å². The van der Waals surface area contributed by atoms with E-state index in [-0.39, 0.29) is 11.8 Å². The molecule has 0 unspecified atom stereocenters. The minimum atomic E-state index is 0.117. The summed E-state index contributed by atoms with van der Waals surface area (Å²) in [6.07, 6.45) is 8.21. The van der Waals surface area contributed by atoms with E-state index >= 15 is 0 Å². The summed E-state index contributed by atoms with van der Waals surface area (Å²) in [5.74, 6) is 1.80. The Morgan fingerprint density at radius 1 is 1.09 bits per heavy atom. The van der Waals surface area contributed by atoms with Gasteiger partial charge < -0.3 is 5.32 Å². The van der Waals surface area contributed by atoms with Crippen molar-refractivity contribution >= 4 is 28.6 Å². The van der Waals surface area contributed by atoms with Crippen molar-refractivity contribution in [3.05, 3.63) is 53.9 Å². The highest BCUT2D eigenvalue weighted by Crippen LogP contribution is 2.33. The summed E-state index contributed by atoms with van der Waals surface area (Å²) in [6.45, 7) is 2.25. The van der Waals surface area contributed by atoms with Crippen LogP contribution in [0.2, 0.25) is 0 Å². The van der Waals surface area contributed by atoms with E-state index in [9.17, 15) is 4.79 Å². The van der Waals surface area contributed by atoms with Gasteiger partial charge in [0.25, 0.3) is 0 Å². The Labute approximate surface area is 198 Å². The zero-order valence-electron chi connectivity index (χ0n) is 18.9. The maximum absolute atomic E-state index is 12.9. The van der Waals surface area contributed by atoms with Crippen molar-refractivity contribution < 1.29 is 4.79 Å². The van der Waals surface area contributed by atoms with Crippen molar-refractivity contribution in [2.24, 2.45) is 11.8 Å². The lowest BCUT2D eigenvalue weighted by Crippen LogP contribution is -2.27. The standard InChI is InChI=1S/C26H29N5OS/c1-2-3-6-18-10-12-19(13-11-18)26(32)27-21-8-4-7-20(17-21)22-14-15-24-28-29-25(31(24)30-22)23-9-5-16-33-23/h4-5,7-9,14-19H,2-3,6,10-13H2,1H3,(H,27,32). The van der Waals surface area contributed by atoms with Crippen LogP contribution in [0, 0.1) is 11.8 Å². The molecule has 1 N–H and O–H groups in total. The van der Waals surface area contributed by atoms with Gasteiger partial charge in [0, 0.05) is 17.2 Å². The third-order valence-corrected chi connectivity index (χ3v) is 7.48. The molecule has 0 atom stereocenters. The Bertz CT molecular complexity index is 1220. The first kappa shape index (κ1) is 21.8. The average Bonchev–Trinajstić information content (AvgIpc) is 3.52. The van der Waals surface area contributed by atoms with Crippen LogP contribution >= 0.6 is 11.3 Å². The number of hydrogen-bond acceptors (Lipinski definition) is 5. The molecule has 6 nitrogen and oxygen atoms in total. The first-order chi connectivity index (χ1) is 16.2. The zero-order valence-corrected chi connectivity index (χ0v) is 19.7. The van der Waals surface area contributed by atoms with Crippen LogP contribution < -0.4 is 5.32 Å². The van der Waals surface area contributed by atoms with Crippen molar-refractivity contribution in [2.45, 2.75) is 51.9 Å². The topological polar surface area (TPSA) is 72.2 Å². The van der Waals surface area contributed by atoms with E-state index in [1.165, 1.54) is 32.1 Å². The predicted octanol–water partition coefficient (Wildman–Crippen LogP) is 6.45. The summed E-state index contributed by atoms with van der Waals surface area (Å²) in [5.41, 5.74) is 3.28. The molecule has 0 bridgehead atoms. The van der Waals surface area contributed by atoms with Crippen LogP contribution in [0.15, 0.2) is 53.9 Å². The predicted molar refractivity (Wildman–Crippen MR) is 133 cm³/mol. The van der Waals surface area contributed by atoms with E-state index in [2.05, 4.69) is 22.4 Å². The summed E-state index contributed by atoms with van der Waals surface area (Å²) in [4.78, 5) is 13.9. The van der Waals surface area contributed by atoms with Gasteiger partial charge in [0.2, 0.25) is 5.91 Å². The quantitative estimate of drug-likeness (QED) is 0.344. The van der Waals surface area contributed by atoms with E-state index in [1.54, 1.807) is 15.9 Å². The van der Waals surface area contributed by atoms with Crippen LogP contribution in [0.5, 0.6) is 0 Å². The van der Waals surface area contributed by atoms with Crippen LogP contribution in [-0.4, -0.2) is 25.7 Å². The van der Waals surface area contributed by atoms with Gasteiger partial charge in [0.15, 0.2) is 11.5 Å².